The molecule has 1 unspecified atom stereocenters. The van der Waals surface area contributed by atoms with E-state index in [1.807, 2.05) is 36.5 Å². The van der Waals surface area contributed by atoms with Gasteiger partial charge in [-0.2, -0.15) is 5.10 Å². The molecule has 2 N–H and O–H groups in total. The second-order valence-electron chi connectivity index (χ2n) is 7.45. The third-order valence-corrected chi connectivity index (χ3v) is 5.53. The Morgan fingerprint density at radius 1 is 1.17 bits per heavy atom. The van der Waals surface area contributed by atoms with Crippen LogP contribution in [0.25, 0.3) is 16.7 Å². The Bertz CT molecular complexity index is 1140. The lowest BCUT2D eigenvalue weighted by Crippen LogP contribution is -2.43. The van der Waals surface area contributed by atoms with Gasteiger partial charge in [-0.1, -0.05) is 18.2 Å². The molecule has 1 atom stereocenters. The monoisotopic (exact) mass is 402 g/mol. The number of hydrogen-bond donors (Lipinski definition) is 2. The van der Waals surface area contributed by atoms with Crippen molar-refractivity contribution in [2.24, 2.45) is 5.92 Å². The molecule has 0 aliphatic carbocycles. The molecule has 1 amide bonds. The van der Waals surface area contributed by atoms with E-state index < -0.39 is 0 Å². The standard InChI is InChI=1S/C21H22N8O/c30-21(24-11-16-10-23-18-6-2-1-5-17(16)18)15-4-3-9-28(12-15)19-7-8-20(27-26-19)29-14-22-13-25-29/h1-2,5-8,10,13-15,23H,3-4,9,11-12H2,(H,24,30). The van der Waals surface area contributed by atoms with E-state index >= 15 is 0 Å². The van der Waals surface area contributed by atoms with Crippen LogP contribution in [-0.2, 0) is 11.3 Å². The van der Waals surface area contributed by atoms with Gasteiger partial charge in [0.2, 0.25) is 5.91 Å². The number of rotatable bonds is 5. The predicted octanol–water partition coefficient (Wildman–Crippen LogP) is 2.07. The van der Waals surface area contributed by atoms with E-state index in [9.17, 15) is 4.79 Å². The highest BCUT2D eigenvalue weighted by Gasteiger charge is 2.26. The Labute approximate surface area is 173 Å². The van der Waals surface area contributed by atoms with Crippen LogP contribution in [0.2, 0.25) is 0 Å². The van der Waals surface area contributed by atoms with Gasteiger partial charge in [0.25, 0.3) is 0 Å². The van der Waals surface area contributed by atoms with Crippen LogP contribution in [0.15, 0.2) is 55.2 Å². The van der Waals surface area contributed by atoms with Crippen LogP contribution in [0.3, 0.4) is 0 Å². The molecule has 1 aromatic carbocycles. The Hall–Kier alpha value is -3.75. The van der Waals surface area contributed by atoms with Crippen molar-refractivity contribution >= 4 is 22.6 Å². The van der Waals surface area contributed by atoms with Gasteiger partial charge in [0.15, 0.2) is 11.6 Å². The fraction of sp³-hybridized carbons (Fsp3) is 0.286. The van der Waals surface area contributed by atoms with E-state index in [2.05, 4.69) is 41.5 Å². The van der Waals surface area contributed by atoms with Crippen LogP contribution in [0, 0.1) is 5.92 Å². The molecular formula is C21H22N8O. The number of piperidine rings is 1. The highest BCUT2D eigenvalue weighted by Crippen LogP contribution is 2.22. The summed E-state index contributed by atoms with van der Waals surface area (Å²) >= 11 is 0. The first kappa shape index (κ1) is 18.3. The average molecular weight is 402 g/mol. The Kier molecular flexibility index (Phi) is 4.84. The van der Waals surface area contributed by atoms with Gasteiger partial charge in [0.05, 0.1) is 5.92 Å². The molecule has 152 valence electrons. The second-order valence-corrected chi connectivity index (χ2v) is 7.45. The zero-order valence-corrected chi connectivity index (χ0v) is 16.4. The highest BCUT2D eigenvalue weighted by molar-refractivity contribution is 5.84. The highest BCUT2D eigenvalue weighted by atomic mass is 16.1. The lowest BCUT2D eigenvalue weighted by molar-refractivity contribution is -0.125. The lowest BCUT2D eigenvalue weighted by Gasteiger charge is -2.32. The minimum absolute atomic E-state index is 0.0688. The van der Waals surface area contributed by atoms with Gasteiger partial charge < -0.3 is 15.2 Å². The number of carbonyl (C=O) groups is 1. The van der Waals surface area contributed by atoms with Crippen LogP contribution >= 0.6 is 0 Å². The maximum absolute atomic E-state index is 12.8. The number of hydrogen-bond acceptors (Lipinski definition) is 6. The van der Waals surface area contributed by atoms with Crippen molar-refractivity contribution in [2.75, 3.05) is 18.0 Å². The van der Waals surface area contributed by atoms with Gasteiger partial charge in [-0.15, -0.1) is 10.2 Å². The molecule has 3 aromatic heterocycles. The molecule has 4 heterocycles. The maximum atomic E-state index is 12.8. The summed E-state index contributed by atoms with van der Waals surface area (Å²) in [7, 11) is 0. The lowest BCUT2D eigenvalue weighted by atomic mass is 9.97. The largest absolute Gasteiger partial charge is 0.361 e. The third kappa shape index (κ3) is 3.61. The number of fused-ring (bicyclic) bond motifs is 1. The molecule has 0 radical (unpaired) electrons. The molecular weight excluding hydrogens is 380 g/mol. The fourth-order valence-corrected chi connectivity index (χ4v) is 3.94. The van der Waals surface area contributed by atoms with Crippen molar-refractivity contribution in [3.05, 3.63) is 60.8 Å². The quantitative estimate of drug-likeness (QED) is 0.530. The van der Waals surface area contributed by atoms with Gasteiger partial charge in [-0.3, -0.25) is 4.79 Å². The topological polar surface area (TPSA) is 105 Å². The number of amides is 1. The summed E-state index contributed by atoms with van der Waals surface area (Å²) in [6.07, 6.45) is 6.82. The first-order chi connectivity index (χ1) is 14.8. The van der Waals surface area contributed by atoms with Crippen molar-refractivity contribution in [3.63, 3.8) is 0 Å². The van der Waals surface area contributed by atoms with E-state index in [-0.39, 0.29) is 11.8 Å². The summed E-state index contributed by atoms with van der Waals surface area (Å²) in [5, 5.41) is 16.9. The number of anilines is 1. The minimum atomic E-state index is -0.0688. The summed E-state index contributed by atoms with van der Waals surface area (Å²) in [6.45, 7) is 2.02. The van der Waals surface area contributed by atoms with E-state index in [0.717, 1.165) is 41.7 Å². The molecule has 1 saturated heterocycles. The molecule has 9 nitrogen and oxygen atoms in total. The summed E-state index contributed by atoms with van der Waals surface area (Å²) in [4.78, 5) is 22.1. The molecule has 0 bridgehead atoms. The van der Waals surface area contributed by atoms with Crippen LogP contribution in [0.5, 0.6) is 0 Å². The summed E-state index contributed by atoms with van der Waals surface area (Å²) in [5.74, 6) is 1.40. The molecule has 1 aliphatic rings. The van der Waals surface area contributed by atoms with E-state index in [1.54, 1.807) is 11.0 Å². The fourth-order valence-electron chi connectivity index (χ4n) is 3.94. The molecule has 0 spiro atoms. The third-order valence-electron chi connectivity index (χ3n) is 5.53. The Balaban J connectivity index is 1.22. The number of H-pyrrole nitrogens is 1. The SMILES string of the molecule is O=C(NCc1c[nH]c2ccccc12)C1CCCN(c2ccc(-n3cncn3)nn2)C1. The number of carbonyl (C=O) groups excluding carboxylic acids is 1. The van der Waals surface area contributed by atoms with E-state index in [1.165, 1.54) is 6.33 Å². The van der Waals surface area contributed by atoms with Gasteiger partial charge in [-0.25, -0.2) is 9.67 Å². The number of aromatic nitrogens is 6. The minimum Gasteiger partial charge on any atom is -0.361 e. The molecule has 9 heteroatoms. The van der Waals surface area contributed by atoms with E-state index in [4.69, 9.17) is 0 Å². The number of benzene rings is 1. The predicted molar refractivity (Wildman–Crippen MR) is 112 cm³/mol. The zero-order valence-electron chi connectivity index (χ0n) is 16.4. The molecule has 0 saturated carbocycles. The molecule has 4 aromatic rings. The second kappa shape index (κ2) is 7.94. The molecule has 1 aliphatic heterocycles. The van der Waals surface area contributed by atoms with Crippen molar-refractivity contribution in [1.29, 1.82) is 0 Å². The van der Waals surface area contributed by atoms with Crippen molar-refractivity contribution in [2.45, 2.75) is 19.4 Å². The molecule has 30 heavy (non-hydrogen) atoms. The summed E-state index contributed by atoms with van der Waals surface area (Å²) < 4.78 is 1.56. The van der Waals surface area contributed by atoms with Gasteiger partial charge in [-0.05, 0) is 36.6 Å². The first-order valence-electron chi connectivity index (χ1n) is 10.0. The maximum Gasteiger partial charge on any atom is 0.225 e. The Morgan fingerprint density at radius 3 is 2.87 bits per heavy atom. The summed E-state index contributed by atoms with van der Waals surface area (Å²) in [5.41, 5.74) is 2.18. The van der Waals surface area contributed by atoms with Gasteiger partial charge in [0.1, 0.15) is 12.7 Å². The van der Waals surface area contributed by atoms with E-state index in [0.29, 0.717) is 18.9 Å². The van der Waals surface area contributed by atoms with Gasteiger partial charge >= 0.3 is 0 Å². The summed E-state index contributed by atoms with van der Waals surface area (Å²) in [6, 6.07) is 11.9. The van der Waals surface area contributed by atoms with Crippen LogP contribution < -0.4 is 10.2 Å². The average Bonchev–Trinajstić information content (AvgIpc) is 3.48. The smallest absolute Gasteiger partial charge is 0.225 e. The normalized spacial score (nSPS) is 16.7. The Morgan fingerprint density at radius 2 is 2.03 bits per heavy atom. The van der Waals surface area contributed by atoms with Gasteiger partial charge in [0, 0.05) is 36.7 Å². The van der Waals surface area contributed by atoms with Crippen molar-refractivity contribution in [1.82, 2.24) is 35.3 Å². The van der Waals surface area contributed by atoms with Crippen LogP contribution in [0.1, 0.15) is 18.4 Å². The van der Waals surface area contributed by atoms with Crippen molar-refractivity contribution < 1.29 is 4.79 Å². The number of nitrogens with zero attached hydrogens (tertiary/aromatic N) is 6. The number of nitrogens with one attached hydrogen (secondary N) is 2. The zero-order chi connectivity index (χ0) is 20.3. The molecule has 5 rings (SSSR count). The van der Waals surface area contributed by atoms with Crippen LogP contribution in [0.4, 0.5) is 5.82 Å². The van der Waals surface area contributed by atoms with Crippen LogP contribution in [-0.4, -0.2) is 48.9 Å². The van der Waals surface area contributed by atoms with Crippen molar-refractivity contribution in [3.8, 4) is 5.82 Å². The molecule has 1 fully saturated rings. The first-order valence-corrected chi connectivity index (χ1v) is 10.0. The number of aromatic amines is 1. The number of para-hydroxylation sites is 1.